The van der Waals surface area contributed by atoms with Crippen LogP contribution in [-0.4, -0.2) is 26.0 Å². The molecule has 0 heterocycles. The molecule has 0 aliphatic heterocycles. The molecule has 0 saturated heterocycles. The third-order valence-corrected chi connectivity index (χ3v) is 2.55. The van der Waals surface area contributed by atoms with Crippen LogP contribution in [0.25, 0.3) is 0 Å². The highest BCUT2D eigenvalue weighted by atomic mass is 19.2. The molecule has 1 aromatic rings. The van der Waals surface area contributed by atoms with Crippen LogP contribution in [0.1, 0.15) is 18.4 Å². The van der Waals surface area contributed by atoms with E-state index < -0.39 is 11.6 Å². The highest BCUT2D eigenvalue weighted by Gasteiger charge is 2.03. The summed E-state index contributed by atoms with van der Waals surface area (Å²) in [6, 6.07) is 3.77. The first-order chi connectivity index (χ1) is 8.63. The van der Waals surface area contributed by atoms with Gasteiger partial charge in [0.2, 0.25) is 5.91 Å². The Labute approximate surface area is 106 Å². The van der Waals surface area contributed by atoms with Crippen molar-refractivity contribution >= 4 is 5.91 Å². The number of hydrogen-bond donors (Lipinski definition) is 2. The lowest BCUT2D eigenvalue weighted by atomic mass is 10.1. The van der Waals surface area contributed by atoms with Crippen LogP contribution in [0.5, 0.6) is 0 Å². The predicted molar refractivity (Wildman–Crippen MR) is 66.2 cm³/mol. The van der Waals surface area contributed by atoms with Crippen molar-refractivity contribution in [1.82, 2.24) is 10.6 Å². The number of carbonyl (C=O) groups is 1. The van der Waals surface area contributed by atoms with Gasteiger partial charge in [0.25, 0.3) is 0 Å². The van der Waals surface area contributed by atoms with Gasteiger partial charge in [-0.25, -0.2) is 8.78 Å². The summed E-state index contributed by atoms with van der Waals surface area (Å²) in [5.74, 6) is -1.73. The second-order valence-corrected chi connectivity index (χ2v) is 4.06. The minimum absolute atomic E-state index is 0.0205. The van der Waals surface area contributed by atoms with Crippen LogP contribution in [0.15, 0.2) is 18.2 Å². The third kappa shape index (κ3) is 5.23. The Hall–Kier alpha value is -1.49. The number of halogens is 2. The van der Waals surface area contributed by atoms with Crippen LogP contribution in [0.4, 0.5) is 8.78 Å². The van der Waals surface area contributed by atoms with Crippen LogP contribution < -0.4 is 10.6 Å². The van der Waals surface area contributed by atoms with E-state index in [0.717, 1.165) is 25.1 Å². The Morgan fingerprint density at radius 2 is 2.00 bits per heavy atom. The maximum absolute atomic E-state index is 12.9. The maximum Gasteiger partial charge on any atom is 0.220 e. The van der Waals surface area contributed by atoms with E-state index in [1.807, 2.05) is 7.05 Å². The summed E-state index contributed by atoms with van der Waals surface area (Å²) in [4.78, 5) is 11.4. The maximum atomic E-state index is 12.9. The Morgan fingerprint density at radius 3 is 2.67 bits per heavy atom. The highest BCUT2D eigenvalue weighted by molar-refractivity contribution is 5.75. The molecule has 0 unspecified atom stereocenters. The van der Waals surface area contributed by atoms with Gasteiger partial charge < -0.3 is 10.6 Å². The zero-order valence-corrected chi connectivity index (χ0v) is 10.4. The van der Waals surface area contributed by atoms with Crippen molar-refractivity contribution in [2.24, 2.45) is 0 Å². The third-order valence-electron chi connectivity index (χ3n) is 2.55. The van der Waals surface area contributed by atoms with Crippen molar-refractivity contribution in [3.05, 3.63) is 35.4 Å². The minimum Gasteiger partial charge on any atom is -0.356 e. The van der Waals surface area contributed by atoms with Gasteiger partial charge in [-0.3, -0.25) is 4.79 Å². The molecule has 3 nitrogen and oxygen atoms in total. The van der Waals surface area contributed by atoms with E-state index in [1.165, 1.54) is 6.07 Å². The summed E-state index contributed by atoms with van der Waals surface area (Å²) in [5.41, 5.74) is 0.671. The largest absolute Gasteiger partial charge is 0.356 e. The predicted octanol–water partition coefficient (Wildman–Crippen LogP) is 1.62. The molecule has 5 heteroatoms. The molecule has 2 N–H and O–H groups in total. The average molecular weight is 256 g/mol. The van der Waals surface area contributed by atoms with Crippen molar-refractivity contribution in [1.29, 1.82) is 0 Å². The molecule has 1 amide bonds. The normalized spacial score (nSPS) is 10.4. The second-order valence-electron chi connectivity index (χ2n) is 4.06. The lowest BCUT2D eigenvalue weighted by molar-refractivity contribution is -0.121. The van der Waals surface area contributed by atoms with E-state index in [4.69, 9.17) is 0 Å². The van der Waals surface area contributed by atoms with E-state index in [-0.39, 0.29) is 5.91 Å². The molecule has 0 spiro atoms. The fourth-order valence-corrected chi connectivity index (χ4v) is 1.56. The number of rotatable bonds is 7. The Kier molecular flexibility index (Phi) is 6.28. The Balaban J connectivity index is 2.24. The zero-order chi connectivity index (χ0) is 13.4. The molecule has 0 bridgehead atoms. The minimum atomic E-state index is -0.854. The van der Waals surface area contributed by atoms with E-state index in [2.05, 4.69) is 10.6 Å². The lowest BCUT2D eigenvalue weighted by Crippen LogP contribution is -2.26. The topological polar surface area (TPSA) is 41.1 Å². The summed E-state index contributed by atoms with van der Waals surface area (Å²) in [6.07, 6.45) is 1.75. The molecule has 0 aliphatic carbocycles. The summed E-state index contributed by atoms with van der Waals surface area (Å²) in [6.45, 7) is 1.24. The van der Waals surface area contributed by atoms with Crippen molar-refractivity contribution < 1.29 is 13.6 Å². The van der Waals surface area contributed by atoms with E-state index >= 15 is 0 Å². The van der Waals surface area contributed by atoms with Gasteiger partial charge in [0.1, 0.15) is 0 Å². The van der Waals surface area contributed by atoms with Gasteiger partial charge in [-0.2, -0.15) is 0 Å². The second kappa shape index (κ2) is 7.76. The quantitative estimate of drug-likeness (QED) is 0.728. The summed E-state index contributed by atoms with van der Waals surface area (Å²) in [5, 5.41) is 5.70. The SMILES string of the molecule is CNCCCC(=O)NCCc1ccc(F)c(F)c1. The highest BCUT2D eigenvalue weighted by Crippen LogP contribution is 2.08. The first kappa shape index (κ1) is 14.6. The standard InChI is InChI=1S/C13H18F2N2O/c1-16-7-2-3-13(18)17-8-6-10-4-5-11(14)12(15)9-10/h4-5,9,16H,2-3,6-8H2,1H3,(H,17,18). The van der Waals surface area contributed by atoms with Gasteiger partial charge in [-0.1, -0.05) is 6.07 Å². The molecule has 0 fully saturated rings. The first-order valence-electron chi connectivity index (χ1n) is 5.98. The summed E-state index contributed by atoms with van der Waals surface area (Å²) < 4.78 is 25.6. The molecule has 0 atom stereocenters. The van der Waals surface area contributed by atoms with E-state index in [1.54, 1.807) is 0 Å². The van der Waals surface area contributed by atoms with E-state index in [0.29, 0.717) is 24.9 Å². The zero-order valence-electron chi connectivity index (χ0n) is 10.4. The number of nitrogens with one attached hydrogen (secondary N) is 2. The first-order valence-corrected chi connectivity index (χ1v) is 5.98. The fourth-order valence-electron chi connectivity index (χ4n) is 1.56. The van der Waals surface area contributed by atoms with Gasteiger partial charge >= 0.3 is 0 Å². The monoisotopic (exact) mass is 256 g/mol. The molecule has 0 aliphatic rings. The van der Waals surface area contributed by atoms with Gasteiger partial charge in [0, 0.05) is 13.0 Å². The molecule has 1 rings (SSSR count). The molecule has 1 aromatic carbocycles. The lowest BCUT2D eigenvalue weighted by Gasteiger charge is -2.05. The summed E-state index contributed by atoms with van der Waals surface area (Å²) in [7, 11) is 1.83. The summed E-state index contributed by atoms with van der Waals surface area (Å²) >= 11 is 0. The van der Waals surface area contributed by atoms with Gasteiger partial charge in [0.15, 0.2) is 11.6 Å². The van der Waals surface area contributed by atoms with Crippen molar-refractivity contribution in [3.63, 3.8) is 0 Å². The van der Waals surface area contributed by atoms with Gasteiger partial charge in [-0.05, 0) is 44.1 Å². The van der Waals surface area contributed by atoms with Crippen LogP contribution in [0.2, 0.25) is 0 Å². The number of carbonyl (C=O) groups excluding carboxylic acids is 1. The molecule has 100 valence electrons. The number of amides is 1. The molecular weight excluding hydrogens is 238 g/mol. The molecule has 0 saturated carbocycles. The van der Waals surface area contributed by atoms with Crippen molar-refractivity contribution in [2.45, 2.75) is 19.3 Å². The van der Waals surface area contributed by atoms with Crippen molar-refractivity contribution in [3.8, 4) is 0 Å². The number of hydrogen-bond acceptors (Lipinski definition) is 2. The van der Waals surface area contributed by atoms with Crippen LogP contribution in [0, 0.1) is 11.6 Å². The van der Waals surface area contributed by atoms with Crippen LogP contribution in [-0.2, 0) is 11.2 Å². The van der Waals surface area contributed by atoms with Crippen LogP contribution >= 0.6 is 0 Å². The molecule has 0 radical (unpaired) electrons. The number of benzene rings is 1. The fraction of sp³-hybridized carbons (Fsp3) is 0.462. The van der Waals surface area contributed by atoms with Gasteiger partial charge in [0.05, 0.1) is 0 Å². The van der Waals surface area contributed by atoms with Crippen LogP contribution in [0.3, 0.4) is 0 Å². The Bertz CT molecular complexity index is 397. The smallest absolute Gasteiger partial charge is 0.220 e. The van der Waals surface area contributed by atoms with Gasteiger partial charge in [-0.15, -0.1) is 0 Å². The molecule has 18 heavy (non-hydrogen) atoms. The van der Waals surface area contributed by atoms with E-state index in [9.17, 15) is 13.6 Å². The molecular formula is C13H18F2N2O. The average Bonchev–Trinajstić information content (AvgIpc) is 2.34. The Morgan fingerprint density at radius 1 is 1.22 bits per heavy atom. The van der Waals surface area contributed by atoms with Crippen molar-refractivity contribution in [2.75, 3.05) is 20.1 Å². The molecule has 0 aromatic heterocycles.